The maximum atomic E-state index is 12.5. The number of nitrogens with zero attached hydrogens (tertiary/aromatic N) is 1. The summed E-state index contributed by atoms with van der Waals surface area (Å²) in [6, 6.07) is 10.3. The predicted molar refractivity (Wildman–Crippen MR) is 110 cm³/mol. The summed E-state index contributed by atoms with van der Waals surface area (Å²) >= 11 is 0. The van der Waals surface area contributed by atoms with Crippen LogP contribution in [-0.2, 0) is 14.8 Å². The molecule has 0 bridgehead atoms. The van der Waals surface area contributed by atoms with Crippen LogP contribution in [0.2, 0.25) is 0 Å². The molecule has 0 aromatic heterocycles. The number of hydrogen-bond donors (Lipinski definition) is 2. The van der Waals surface area contributed by atoms with E-state index in [0.717, 1.165) is 11.1 Å². The van der Waals surface area contributed by atoms with E-state index in [9.17, 15) is 13.2 Å². The molecule has 3 N–H and O–H groups in total. The molecule has 2 aromatic rings. The Kier molecular flexibility index (Phi) is 6.11. The average Bonchev–Trinajstić information content (AvgIpc) is 2.64. The number of aryl methyl sites for hydroxylation is 1. The first-order valence-electron chi connectivity index (χ1n) is 9.14. The van der Waals surface area contributed by atoms with Crippen molar-refractivity contribution in [1.29, 1.82) is 0 Å². The molecule has 9 heteroatoms. The molecule has 0 spiro atoms. The Morgan fingerprint density at radius 3 is 2.62 bits per heavy atom. The second-order valence-electron chi connectivity index (χ2n) is 7.20. The number of primary sulfonamides is 1. The number of fused-ring (bicyclic) bond motifs is 1. The molecule has 156 valence electrons. The van der Waals surface area contributed by atoms with E-state index in [4.69, 9.17) is 14.6 Å². The topological polar surface area (TPSA) is 111 Å². The van der Waals surface area contributed by atoms with Gasteiger partial charge in [0.2, 0.25) is 15.9 Å². The number of ether oxygens (including phenoxy) is 2. The van der Waals surface area contributed by atoms with Crippen molar-refractivity contribution in [1.82, 2.24) is 4.90 Å². The van der Waals surface area contributed by atoms with Crippen LogP contribution >= 0.6 is 0 Å². The predicted octanol–water partition coefficient (Wildman–Crippen LogP) is 1.66. The maximum Gasteiger partial charge on any atom is 0.238 e. The van der Waals surface area contributed by atoms with Crippen LogP contribution in [0.15, 0.2) is 41.3 Å². The van der Waals surface area contributed by atoms with Gasteiger partial charge < -0.3 is 14.8 Å². The molecule has 2 aromatic carbocycles. The van der Waals surface area contributed by atoms with E-state index < -0.39 is 10.0 Å². The first kappa shape index (κ1) is 21.1. The second-order valence-corrected chi connectivity index (χ2v) is 8.76. The number of likely N-dealkylation sites (N-methyl/N-ethyl adjacent to an activating group) is 1. The molecule has 1 atom stereocenters. The van der Waals surface area contributed by atoms with Crippen LogP contribution in [0.3, 0.4) is 0 Å². The van der Waals surface area contributed by atoms with E-state index in [1.54, 1.807) is 6.92 Å². The van der Waals surface area contributed by atoms with Crippen molar-refractivity contribution in [2.75, 3.05) is 32.1 Å². The lowest BCUT2D eigenvalue weighted by atomic mass is 10.1. The Morgan fingerprint density at radius 2 is 1.93 bits per heavy atom. The molecule has 1 aliphatic heterocycles. The smallest absolute Gasteiger partial charge is 0.238 e. The summed E-state index contributed by atoms with van der Waals surface area (Å²) in [4.78, 5) is 14.3. The number of carbonyl (C=O) groups is 1. The fraction of sp³-hybridized carbons (Fsp3) is 0.350. The minimum Gasteiger partial charge on any atom is -0.486 e. The summed E-state index contributed by atoms with van der Waals surface area (Å²) in [5.41, 5.74) is 1.94. The van der Waals surface area contributed by atoms with Gasteiger partial charge in [0.05, 0.1) is 11.4 Å². The van der Waals surface area contributed by atoms with Crippen molar-refractivity contribution in [2.24, 2.45) is 5.14 Å². The first-order valence-corrected chi connectivity index (χ1v) is 10.7. The van der Waals surface area contributed by atoms with Gasteiger partial charge in [-0.25, -0.2) is 13.6 Å². The molecular weight excluding hydrogens is 394 g/mol. The molecule has 29 heavy (non-hydrogen) atoms. The van der Waals surface area contributed by atoms with Crippen LogP contribution < -0.4 is 19.9 Å². The SMILES string of the molecule is Cc1cc(S(N)(=O)=O)cc(NC(=O)CN(C)CC2COc3ccccc3O2)c1C. The fourth-order valence-electron chi connectivity index (χ4n) is 3.12. The Hall–Kier alpha value is -2.62. The molecule has 0 radical (unpaired) electrons. The number of nitrogens with two attached hydrogens (primary N) is 1. The second kappa shape index (κ2) is 8.40. The van der Waals surface area contributed by atoms with E-state index in [1.807, 2.05) is 43.1 Å². The standard InChI is InChI=1S/C20H25N3O5S/c1-13-8-16(29(21,25)26)9-17(14(13)2)22-20(24)11-23(3)10-15-12-27-18-6-4-5-7-19(18)28-15/h4-9,15H,10-12H2,1-3H3,(H,22,24)(H2,21,25,26). The highest BCUT2D eigenvalue weighted by molar-refractivity contribution is 7.89. The van der Waals surface area contributed by atoms with Gasteiger partial charge in [0, 0.05) is 12.2 Å². The molecule has 1 heterocycles. The molecular formula is C20H25N3O5S. The Labute approximate surface area is 170 Å². The zero-order valence-corrected chi connectivity index (χ0v) is 17.5. The first-order chi connectivity index (χ1) is 13.6. The summed E-state index contributed by atoms with van der Waals surface area (Å²) in [6.07, 6.45) is -0.197. The molecule has 8 nitrogen and oxygen atoms in total. The van der Waals surface area contributed by atoms with Crippen molar-refractivity contribution in [3.63, 3.8) is 0 Å². The van der Waals surface area contributed by atoms with Gasteiger partial charge in [0.15, 0.2) is 11.5 Å². The Balaban J connectivity index is 1.60. The van der Waals surface area contributed by atoms with Gasteiger partial charge in [-0.2, -0.15) is 0 Å². The van der Waals surface area contributed by atoms with Crippen molar-refractivity contribution in [3.05, 3.63) is 47.5 Å². The lowest BCUT2D eigenvalue weighted by molar-refractivity contribution is -0.117. The van der Waals surface area contributed by atoms with Gasteiger partial charge in [-0.05, 0) is 56.3 Å². The van der Waals surface area contributed by atoms with Crippen molar-refractivity contribution in [2.45, 2.75) is 24.8 Å². The number of amides is 1. The monoisotopic (exact) mass is 419 g/mol. The van der Waals surface area contributed by atoms with Crippen LogP contribution in [0, 0.1) is 13.8 Å². The Bertz CT molecular complexity index is 1020. The third-order valence-corrected chi connectivity index (χ3v) is 5.63. The van der Waals surface area contributed by atoms with Gasteiger partial charge in [-0.15, -0.1) is 0 Å². The molecule has 0 saturated heterocycles. The van der Waals surface area contributed by atoms with Gasteiger partial charge in [-0.1, -0.05) is 12.1 Å². The quantitative estimate of drug-likeness (QED) is 0.737. The average molecular weight is 420 g/mol. The zero-order valence-electron chi connectivity index (χ0n) is 16.6. The number of hydrogen-bond acceptors (Lipinski definition) is 6. The molecule has 0 aliphatic carbocycles. The highest BCUT2D eigenvalue weighted by Gasteiger charge is 2.23. The van der Waals surface area contributed by atoms with Gasteiger partial charge in [-0.3, -0.25) is 9.69 Å². The molecule has 3 rings (SSSR count). The number of nitrogens with one attached hydrogen (secondary N) is 1. The van der Waals surface area contributed by atoms with Gasteiger partial charge in [0.1, 0.15) is 12.7 Å². The number of rotatable bonds is 6. The highest BCUT2D eigenvalue weighted by Crippen LogP contribution is 2.31. The largest absolute Gasteiger partial charge is 0.486 e. The minimum atomic E-state index is -3.86. The van der Waals surface area contributed by atoms with E-state index in [1.165, 1.54) is 12.1 Å². The van der Waals surface area contributed by atoms with Crippen LogP contribution in [-0.4, -0.2) is 52.1 Å². The van der Waals surface area contributed by atoms with E-state index >= 15 is 0 Å². The number of benzene rings is 2. The molecule has 1 amide bonds. The fourth-order valence-corrected chi connectivity index (χ4v) is 3.74. The number of sulfonamides is 1. The summed E-state index contributed by atoms with van der Waals surface area (Å²) in [5.74, 6) is 1.14. The molecule has 1 aliphatic rings. The number of anilines is 1. The third-order valence-electron chi connectivity index (χ3n) is 4.74. The number of para-hydroxylation sites is 2. The summed E-state index contributed by atoms with van der Waals surface area (Å²) < 4.78 is 34.9. The van der Waals surface area contributed by atoms with E-state index in [0.29, 0.717) is 30.3 Å². The van der Waals surface area contributed by atoms with Crippen LogP contribution in [0.4, 0.5) is 5.69 Å². The van der Waals surface area contributed by atoms with Gasteiger partial charge >= 0.3 is 0 Å². The maximum absolute atomic E-state index is 12.5. The lowest BCUT2D eigenvalue weighted by Crippen LogP contribution is -2.42. The molecule has 0 fully saturated rings. The van der Waals surface area contributed by atoms with Crippen molar-refractivity contribution >= 4 is 21.6 Å². The summed E-state index contributed by atoms with van der Waals surface area (Å²) in [7, 11) is -2.05. The van der Waals surface area contributed by atoms with Gasteiger partial charge in [0.25, 0.3) is 0 Å². The molecule has 1 unspecified atom stereocenters. The zero-order chi connectivity index (χ0) is 21.2. The van der Waals surface area contributed by atoms with E-state index in [-0.39, 0.29) is 23.5 Å². The normalized spacial score (nSPS) is 16.0. The highest BCUT2D eigenvalue weighted by atomic mass is 32.2. The minimum absolute atomic E-state index is 0.0318. The third kappa shape index (κ3) is 5.26. The lowest BCUT2D eigenvalue weighted by Gasteiger charge is -2.29. The van der Waals surface area contributed by atoms with Crippen LogP contribution in [0.25, 0.3) is 0 Å². The summed E-state index contributed by atoms with van der Waals surface area (Å²) in [6.45, 7) is 4.59. The summed E-state index contributed by atoms with van der Waals surface area (Å²) in [5, 5.41) is 7.99. The van der Waals surface area contributed by atoms with E-state index in [2.05, 4.69) is 5.32 Å². The van der Waals surface area contributed by atoms with Crippen LogP contribution in [0.1, 0.15) is 11.1 Å². The molecule has 0 saturated carbocycles. The van der Waals surface area contributed by atoms with Crippen molar-refractivity contribution < 1.29 is 22.7 Å². The van der Waals surface area contributed by atoms with Crippen molar-refractivity contribution in [3.8, 4) is 11.5 Å². The number of carbonyl (C=O) groups excluding carboxylic acids is 1. The Morgan fingerprint density at radius 1 is 1.24 bits per heavy atom. The van der Waals surface area contributed by atoms with Crippen LogP contribution in [0.5, 0.6) is 11.5 Å².